The number of nitrogens with zero attached hydrogens (tertiary/aromatic N) is 1. The SMILES string of the molecule is COc1ccc(NC(=O)CCS(=O)(=O)c2ccccc2)c(OC)n1. The zero-order chi connectivity index (χ0) is 17.6. The molecule has 7 nitrogen and oxygen atoms in total. The Kier molecular flexibility index (Phi) is 5.75. The molecule has 1 aromatic heterocycles. The van der Waals surface area contributed by atoms with Gasteiger partial charge in [0.05, 0.1) is 24.9 Å². The third kappa shape index (κ3) is 4.45. The van der Waals surface area contributed by atoms with E-state index >= 15 is 0 Å². The molecule has 1 amide bonds. The highest BCUT2D eigenvalue weighted by Crippen LogP contribution is 2.25. The summed E-state index contributed by atoms with van der Waals surface area (Å²) in [6.07, 6.45) is -0.174. The molecular formula is C16H18N2O5S. The second kappa shape index (κ2) is 7.78. The van der Waals surface area contributed by atoms with E-state index in [4.69, 9.17) is 9.47 Å². The third-order valence-electron chi connectivity index (χ3n) is 3.21. The predicted molar refractivity (Wildman–Crippen MR) is 89.1 cm³/mol. The van der Waals surface area contributed by atoms with Gasteiger partial charge in [-0.3, -0.25) is 4.79 Å². The van der Waals surface area contributed by atoms with Crippen molar-refractivity contribution in [3.63, 3.8) is 0 Å². The monoisotopic (exact) mass is 350 g/mol. The van der Waals surface area contributed by atoms with Crippen molar-refractivity contribution in [1.82, 2.24) is 4.98 Å². The summed E-state index contributed by atoms with van der Waals surface area (Å²) in [5.41, 5.74) is 0.348. The molecule has 0 aliphatic carbocycles. The normalized spacial score (nSPS) is 10.9. The molecule has 1 N–H and O–H groups in total. The molecule has 0 saturated carbocycles. The second-order valence-corrected chi connectivity index (χ2v) is 6.95. The summed E-state index contributed by atoms with van der Waals surface area (Å²) >= 11 is 0. The van der Waals surface area contributed by atoms with Crippen LogP contribution in [0.5, 0.6) is 11.8 Å². The van der Waals surface area contributed by atoms with E-state index in [1.807, 2.05) is 0 Å². The van der Waals surface area contributed by atoms with E-state index in [0.29, 0.717) is 11.6 Å². The Hall–Kier alpha value is -2.61. The number of carbonyl (C=O) groups excluding carboxylic acids is 1. The van der Waals surface area contributed by atoms with E-state index < -0.39 is 15.7 Å². The smallest absolute Gasteiger partial charge is 0.240 e. The summed E-state index contributed by atoms with van der Waals surface area (Å²) in [4.78, 5) is 16.3. The number of hydrogen-bond donors (Lipinski definition) is 1. The van der Waals surface area contributed by atoms with Crippen molar-refractivity contribution in [2.45, 2.75) is 11.3 Å². The van der Waals surface area contributed by atoms with Crippen molar-refractivity contribution in [3.05, 3.63) is 42.5 Å². The summed E-state index contributed by atoms with van der Waals surface area (Å²) in [5.74, 6) is -0.195. The minimum absolute atomic E-state index is 0.174. The first-order valence-electron chi connectivity index (χ1n) is 7.13. The van der Waals surface area contributed by atoms with Crippen LogP contribution in [0.25, 0.3) is 0 Å². The Morgan fingerprint density at radius 2 is 1.79 bits per heavy atom. The van der Waals surface area contributed by atoms with Crippen molar-refractivity contribution in [2.75, 3.05) is 25.3 Å². The lowest BCUT2D eigenvalue weighted by Crippen LogP contribution is -2.18. The molecule has 1 heterocycles. The Bertz CT molecular complexity index is 806. The maximum absolute atomic E-state index is 12.2. The minimum atomic E-state index is -3.50. The number of aromatic nitrogens is 1. The Labute approximate surface area is 140 Å². The molecule has 0 radical (unpaired) electrons. The summed E-state index contributed by atoms with van der Waals surface area (Å²) < 4.78 is 34.4. The number of carbonyl (C=O) groups is 1. The Balaban J connectivity index is 2.01. The van der Waals surface area contributed by atoms with Crippen LogP contribution in [0.15, 0.2) is 47.4 Å². The molecule has 0 spiro atoms. The van der Waals surface area contributed by atoms with Crippen LogP contribution in [-0.2, 0) is 14.6 Å². The largest absolute Gasteiger partial charge is 0.481 e. The maximum Gasteiger partial charge on any atom is 0.240 e. The van der Waals surface area contributed by atoms with Gasteiger partial charge in [0.2, 0.25) is 17.7 Å². The molecule has 0 unspecified atom stereocenters. The number of nitrogens with one attached hydrogen (secondary N) is 1. The van der Waals surface area contributed by atoms with Crippen LogP contribution in [0.2, 0.25) is 0 Å². The lowest BCUT2D eigenvalue weighted by Gasteiger charge is -2.10. The molecule has 2 aromatic rings. The van der Waals surface area contributed by atoms with Crippen LogP contribution < -0.4 is 14.8 Å². The zero-order valence-corrected chi connectivity index (χ0v) is 14.2. The summed E-state index contributed by atoms with van der Waals surface area (Å²) in [6.45, 7) is 0. The molecule has 0 aliphatic rings. The van der Waals surface area contributed by atoms with Crippen LogP contribution in [0.1, 0.15) is 6.42 Å². The number of benzene rings is 1. The number of sulfone groups is 1. The molecule has 1 aromatic carbocycles. The fourth-order valence-corrected chi connectivity index (χ4v) is 3.23. The van der Waals surface area contributed by atoms with E-state index in [2.05, 4.69) is 10.3 Å². The van der Waals surface area contributed by atoms with Gasteiger partial charge in [0, 0.05) is 12.5 Å². The van der Waals surface area contributed by atoms with E-state index in [1.165, 1.54) is 26.4 Å². The van der Waals surface area contributed by atoms with Crippen LogP contribution in [0.3, 0.4) is 0 Å². The molecule has 8 heteroatoms. The second-order valence-electron chi connectivity index (χ2n) is 4.84. The molecule has 0 aliphatic heterocycles. The van der Waals surface area contributed by atoms with Crippen LogP contribution in [0, 0.1) is 0 Å². The van der Waals surface area contributed by atoms with E-state index in [-0.39, 0.29) is 22.9 Å². The van der Waals surface area contributed by atoms with Crippen molar-refractivity contribution in [2.24, 2.45) is 0 Å². The van der Waals surface area contributed by atoms with Gasteiger partial charge in [-0.25, -0.2) is 8.42 Å². The molecule has 128 valence electrons. The van der Waals surface area contributed by atoms with E-state index in [1.54, 1.807) is 30.3 Å². The number of ether oxygens (including phenoxy) is 2. The maximum atomic E-state index is 12.2. The molecule has 2 rings (SSSR count). The molecule has 0 saturated heterocycles. The van der Waals surface area contributed by atoms with Gasteiger partial charge in [-0.2, -0.15) is 4.98 Å². The summed E-state index contributed by atoms with van der Waals surface area (Å²) in [7, 11) is -0.621. The summed E-state index contributed by atoms with van der Waals surface area (Å²) in [5, 5.41) is 2.59. The molecule has 0 atom stereocenters. The lowest BCUT2D eigenvalue weighted by molar-refractivity contribution is -0.115. The average molecular weight is 350 g/mol. The number of hydrogen-bond acceptors (Lipinski definition) is 6. The van der Waals surface area contributed by atoms with Gasteiger partial charge in [0.25, 0.3) is 0 Å². The third-order valence-corrected chi connectivity index (χ3v) is 4.94. The lowest BCUT2D eigenvalue weighted by atomic mass is 10.3. The Morgan fingerprint density at radius 3 is 2.42 bits per heavy atom. The van der Waals surface area contributed by atoms with E-state index in [0.717, 1.165) is 0 Å². The number of rotatable bonds is 7. The number of pyridine rings is 1. The fourth-order valence-electron chi connectivity index (χ4n) is 1.97. The summed E-state index contributed by atoms with van der Waals surface area (Å²) in [6, 6.07) is 11.2. The topological polar surface area (TPSA) is 94.6 Å². The van der Waals surface area contributed by atoms with Crippen LogP contribution in [0.4, 0.5) is 5.69 Å². The first-order chi connectivity index (χ1) is 11.5. The highest BCUT2D eigenvalue weighted by Gasteiger charge is 2.17. The Morgan fingerprint density at radius 1 is 1.08 bits per heavy atom. The van der Waals surface area contributed by atoms with Gasteiger partial charge >= 0.3 is 0 Å². The zero-order valence-electron chi connectivity index (χ0n) is 13.4. The predicted octanol–water partition coefficient (Wildman–Crippen LogP) is 1.90. The minimum Gasteiger partial charge on any atom is -0.481 e. The van der Waals surface area contributed by atoms with Gasteiger partial charge in [-0.1, -0.05) is 18.2 Å². The quantitative estimate of drug-likeness (QED) is 0.819. The van der Waals surface area contributed by atoms with Gasteiger partial charge in [-0.15, -0.1) is 0 Å². The molecule has 24 heavy (non-hydrogen) atoms. The van der Waals surface area contributed by atoms with Crippen LogP contribution >= 0.6 is 0 Å². The van der Waals surface area contributed by atoms with Crippen molar-refractivity contribution in [3.8, 4) is 11.8 Å². The van der Waals surface area contributed by atoms with Crippen molar-refractivity contribution < 1.29 is 22.7 Å². The van der Waals surface area contributed by atoms with Gasteiger partial charge in [0.1, 0.15) is 5.69 Å². The van der Waals surface area contributed by atoms with Crippen molar-refractivity contribution >= 4 is 21.4 Å². The molecular weight excluding hydrogens is 332 g/mol. The van der Waals surface area contributed by atoms with Gasteiger partial charge in [-0.05, 0) is 18.2 Å². The first kappa shape index (κ1) is 17.7. The molecule has 0 fully saturated rings. The standard InChI is InChI=1S/C16H18N2O5S/c1-22-15-9-8-13(16(18-15)23-2)17-14(19)10-11-24(20,21)12-6-4-3-5-7-12/h3-9H,10-11H2,1-2H3,(H,17,19). The number of anilines is 1. The highest BCUT2D eigenvalue weighted by atomic mass is 32.2. The number of amides is 1. The van der Waals surface area contributed by atoms with Crippen molar-refractivity contribution in [1.29, 1.82) is 0 Å². The van der Waals surface area contributed by atoms with Crippen LogP contribution in [-0.4, -0.2) is 39.3 Å². The van der Waals surface area contributed by atoms with Gasteiger partial charge in [0.15, 0.2) is 9.84 Å². The molecule has 0 bridgehead atoms. The number of methoxy groups -OCH3 is 2. The average Bonchev–Trinajstić information content (AvgIpc) is 2.61. The fraction of sp³-hybridized carbons (Fsp3) is 0.250. The van der Waals surface area contributed by atoms with E-state index in [9.17, 15) is 13.2 Å². The van der Waals surface area contributed by atoms with Gasteiger partial charge < -0.3 is 14.8 Å². The highest BCUT2D eigenvalue weighted by molar-refractivity contribution is 7.91. The first-order valence-corrected chi connectivity index (χ1v) is 8.78.